The minimum Gasteiger partial charge on any atom is -0.327 e. The molecule has 0 aliphatic heterocycles. The molecule has 2 rings (SSSR count). The van der Waals surface area contributed by atoms with E-state index in [0.29, 0.717) is 0 Å². The maximum absolute atomic E-state index is 4.24. The highest BCUT2D eigenvalue weighted by molar-refractivity contribution is 9.10. The third-order valence-electron chi connectivity index (χ3n) is 2.66. The van der Waals surface area contributed by atoms with Gasteiger partial charge in [-0.05, 0) is 30.7 Å². The predicted octanol–water partition coefficient (Wildman–Crippen LogP) is 2.28. The molecule has 0 amide bonds. The molecule has 0 saturated heterocycles. The third kappa shape index (κ3) is 1.85. The highest BCUT2D eigenvalue weighted by atomic mass is 79.9. The van der Waals surface area contributed by atoms with Crippen LogP contribution >= 0.6 is 15.9 Å². The van der Waals surface area contributed by atoms with E-state index in [2.05, 4.69) is 62.2 Å². The molecule has 0 spiro atoms. The summed E-state index contributed by atoms with van der Waals surface area (Å²) in [5.74, 6) is 0. The van der Waals surface area contributed by atoms with Crippen LogP contribution in [-0.4, -0.2) is 11.6 Å². The fourth-order valence-electron chi connectivity index (χ4n) is 1.83. The first-order valence-corrected chi connectivity index (χ1v) is 5.89. The Hall–Kier alpha value is -1.29. The molecule has 4 heteroatoms. The van der Waals surface area contributed by atoms with Crippen LogP contribution < -0.4 is 10.9 Å². The van der Waals surface area contributed by atoms with E-state index in [0.717, 1.165) is 9.96 Å². The molecule has 0 atom stereocenters. The topological polar surface area (TPSA) is 29.3 Å². The van der Waals surface area contributed by atoms with Crippen LogP contribution in [0.3, 0.4) is 0 Å². The second kappa shape index (κ2) is 4.29. The molecule has 2 aromatic rings. The van der Waals surface area contributed by atoms with Crippen molar-refractivity contribution < 1.29 is 0 Å². The summed E-state index contributed by atoms with van der Waals surface area (Å²) in [4.78, 5) is 0. The van der Waals surface area contributed by atoms with Crippen LogP contribution in [0.15, 0.2) is 33.8 Å². The fraction of sp³-hybridized carbons (Fsp3) is 0.250. The average molecular weight is 280 g/mol. The Morgan fingerprint density at radius 2 is 2.06 bits per heavy atom. The molecule has 0 unspecified atom stereocenters. The molecular formula is C12H14BrN3. The van der Waals surface area contributed by atoms with Gasteiger partial charge in [0, 0.05) is 24.0 Å². The molecule has 0 aliphatic carbocycles. The van der Waals surface area contributed by atoms with E-state index in [1.807, 2.05) is 7.05 Å². The second-order valence-corrected chi connectivity index (χ2v) is 4.66. The Kier molecular flexibility index (Phi) is 3.01. The van der Waals surface area contributed by atoms with Crippen molar-refractivity contribution in [1.82, 2.24) is 9.99 Å². The molecule has 0 aliphatic rings. The van der Waals surface area contributed by atoms with Gasteiger partial charge in [-0.15, -0.1) is 0 Å². The van der Waals surface area contributed by atoms with Gasteiger partial charge in [-0.1, -0.05) is 22.0 Å². The molecule has 1 aromatic carbocycles. The van der Waals surface area contributed by atoms with Crippen LogP contribution in [0.25, 0.3) is 10.9 Å². The van der Waals surface area contributed by atoms with Gasteiger partial charge in [0.15, 0.2) is 5.49 Å². The normalized spacial score (nSPS) is 12.1. The van der Waals surface area contributed by atoms with Crippen molar-refractivity contribution in [3.63, 3.8) is 0 Å². The van der Waals surface area contributed by atoms with Crippen LogP contribution in [0.2, 0.25) is 0 Å². The second-order valence-electron chi connectivity index (χ2n) is 3.74. The monoisotopic (exact) mass is 279 g/mol. The van der Waals surface area contributed by atoms with Gasteiger partial charge in [0.05, 0.1) is 5.52 Å². The van der Waals surface area contributed by atoms with E-state index in [-0.39, 0.29) is 0 Å². The Morgan fingerprint density at radius 1 is 1.31 bits per heavy atom. The van der Waals surface area contributed by atoms with Gasteiger partial charge >= 0.3 is 0 Å². The highest BCUT2D eigenvalue weighted by Crippen LogP contribution is 2.20. The Balaban J connectivity index is 2.92. The maximum Gasteiger partial charge on any atom is 0.152 e. The molecule has 0 saturated carbocycles. The summed E-state index contributed by atoms with van der Waals surface area (Å²) in [7, 11) is 3.82. The first-order chi connectivity index (χ1) is 7.63. The van der Waals surface area contributed by atoms with E-state index in [1.54, 1.807) is 7.05 Å². The lowest BCUT2D eigenvalue weighted by Crippen LogP contribution is -2.21. The van der Waals surface area contributed by atoms with Gasteiger partial charge in [0.2, 0.25) is 0 Å². The molecule has 16 heavy (non-hydrogen) atoms. The number of benzene rings is 1. The number of rotatable bonds is 1. The van der Waals surface area contributed by atoms with Crippen LogP contribution in [-0.2, 0) is 7.05 Å². The van der Waals surface area contributed by atoms with Crippen molar-refractivity contribution in [1.29, 1.82) is 0 Å². The lowest BCUT2D eigenvalue weighted by atomic mass is 10.1. The number of hydrogen-bond donors (Lipinski definition) is 1. The summed E-state index contributed by atoms with van der Waals surface area (Å²) >= 11 is 3.50. The smallest absolute Gasteiger partial charge is 0.152 e. The summed E-state index contributed by atoms with van der Waals surface area (Å²) in [5, 5.41) is 5.50. The van der Waals surface area contributed by atoms with E-state index in [4.69, 9.17) is 0 Å². The lowest BCUT2D eigenvalue weighted by molar-refractivity contribution is 0.774. The van der Waals surface area contributed by atoms with Gasteiger partial charge in [0.1, 0.15) is 0 Å². The number of nitrogens with one attached hydrogen (secondary N) is 1. The first kappa shape index (κ1) is 11.2. The summed E-state index contributed by atoms with van der Waals surface area (Å²) in [6, 6.07) is 8.37. The number of aromatic nitrogens is 1. The SMILES string of the molecule is CN/N=c1/cc(C)c2ccc(Br)cc2n1C. The van der Waals surface area contributed by atoms with Gasteiger partial charge in [-0.3, -0.25) is 0 Å². The van der Waals surface area contributed by atoms with Crippen LogP contribution in [0, 0.1) is 6.92 Å². The molecule has 1 N–H and O–H groups in total. The van der Waals surface area contributed by atoms with Crippen molar-refractivity contribution in [2.75, 3.05) is 7.05 Å². The minimum atomic E-state index is 0.922. The van der Waals surface area contributed by atoms with Crippen molar-refractivity contribution in [3.8, 4) is 0 Å². The largest absolute Gasteiger partial charge is 0.327 e. The zero-order valence-electron chi connectivity index (χ0n) is 9.58. The Bertz CT molecular complexity index is 599. The van der Waals surface area contributed by atoms with E-state index in [9.17, 15) is 0 Å². The number of fused-ring (bicyclic) bond motifs is 1. The van der Waals surface area contributed by atoms with Crippen molar-refractivity contribution in [3.05, 3.63) is 39.8 Å². The maximum atomic E-state index is 4.24. The number of halogens is 1. The van der Waals surface area contributed by atoms with E-state index in [1.165, 1.54) is 16.5 Å². The number of aryl methyl sites for hydroxylation is 2. The zero-order chi connectivity index (χ0) is 11.7. The quantitative estimate of drug-likeness (QED) is 0.798. The third-order valence-corrected chi connectivity index (χ3v) is 3.15. The van der Waals surface area contributed by atoms with Crippen molar-refractivity contribution in [2.24, 2.45) is 12.1 Å². The van der Waals surface area contributed by atoms with Crippen LogP contribution in [0.4, 0.5) is 0 Å². The number of hydrogen-bond acceptors (Lipinski definition) is 2. The highest BCUT2D eigenvalue weighted by Gasteiger charge is 2.02. The summed E-state index contributed by atoms with van der Waals surface area (Å²) in [6.07, 6.45) is 0. The van der Waals surface area contributed by atoms with Gasteiger partial charge < -0.3 is 9.99 Å². The predicted molar refractivity (Wildman–Crippen MR) is 70.0 cm³/mol. The summed E-state index contributed by atoms with van der Waals surface area (Å²) in [6.45, 7) is 2.10. The summed E-state index contributed by atoms with van der Waals surface area (Å²) in [5.41, 5.74) is 6.15. The zero-order valence-corrected chi connectivity index (χ0v) is 11.2. The molecule has 0 fully saturated rings. The molecule has 0 radical (unpaired) electrons. The molecule has 3 nitrogen and oxygen atoms in total. The average Bonchev–Trinajstić information content (AvgIpc) is 2.25. The van der Waals surface area contributed by atoms with Gasteiger partial charge in [0.25, 0.3) is 0 Å². The molecule has 1 aromatic heterocycles. The number of nitrogens with zero attached hydrogens (tertiary/aromatic N) is 2. The number of pyridine rings is 1. The summed E-state index contributed by atoms with van der Waals surface area (Å²) < 4.78 is 3.15. The standard InChI is InChI=1S/C12H14BrN3/c1-8-6-12(15-14-2)16(3)11-7-9(13)4-5-10(8)11/h4-7,14H,1-3H3/b15-12-. The van der Waals surface area contributed by atoms with Crippen molar-refractivity contribution >= 4 is 26.8 Å². The minimum absolute atomic E-state index is 0.922. The Labute approximate surface area is 103 Å². The van der Waals surface area contributed by atoms with Crippen LogP contribution in [0.1, 0.15) is 5.56 Å². The molecule has 1 heterocycles. The van der Waals surface area contributed by atoms with E-state index < -0.39 is 0 Å². The molecular weight excluding hydrogens is 266 g/mol. The fourth-order valence-corrected chi connectivity index (χ4v) is 2.18. The molecule has 84 valence electrons. The Morgan fingerprint density at radius 3 is 2.75 bits per heavy atom. The molecule has 0 bridgehead atoms. The van der Waals surface area contributed by atoms with Gasteiger partial charge in [-0.25, -0.2) is 0 Å². The van der Waals surface area contributed by atoms with E-state index >= 15 is 0 Å². The van der Waals surface area contributed by atoms with Crippen LogP contribution in [0.5, 0.6) is 0 Å². The van der Waals surface area contributed by atoms with Gasteiger partial charge in [-0.2, -0.15) is 5.10 Å². The first-order valence-electron chi connectivity index (χ1n) is 5.10. The lowest BCUT2D eigenvalue weighted by Gasteiger charge is -2.09. The van der Waals surface area contributed by atoms with Crippen molar-refractivity contribution in [2.45, 2.75) is 6.92 Å².